The fraction of sp³-hybridized carbons (Fsp3) is 0.684. The summed E-state index contributed by atoms with van der Waals surface area (Å²) in [7, 11) is 0. The third kappa shape index (κ3) is 11.7. The molecule has 2 aromatic rings. The number of aryl methyl sites for hydroxylation is 2. The lowest BCUT2D eigenvalue weighted by Gasteiger charge is -2.24. The minimum absolute atomic E-state index is 0.0251. The largest absolute Gasteiger partial charge is 0.494 e. The van der Waals surface area contributed by atoms with Crippen LogP contribution < -0.4 is 9.47 Å². The van der Waals surface area contributed by atoms with Crippen molar-refractivity contribution in [3.8, 4) is 11.5 Å². The molecule has 0 radical (unpaired) electrons. The van der Waals surface area contributed by atoms with Crippen molar-refractivity contribution in [2.24, 2.45) is 0 Å². The Kier molecular flexibility index (Phi) is 15.3. The third-order valence-corrected chi connectivity index (χ3v) is 9.19. The van der Waals surface area contributed by atoms with Crippen molar-refractivity contribution in [2.75, 3.05) is 13.2 Å². The molecule has 44 heavy (non-hydrogen) atoms. The highest BCUT2D eigenvalue weighted by molar-refractivity contribution is 5.28. The van der Waals surface area contributed by atoms with E-state index in [9.17, 15) is 10.2 Å². The van der Waals surface area contributed by atoms with Gasteiger partial charge in [0.15, 0.2) is 0 Å². The van der Waals surface area contributed by atoms with Gasteiger partial charge in [-0.05, 0) is 112 Å². The number of rotatable bonds is 21. The van der Waals surface area contributed by atoms with Crippen LogP contribution in [0.25, 0.3) is 0 Å². The molecule has 6 atom stereocenters. The summed E-state index contributed by atoms with van der Waals surface area (Å²) < 4.78 is 24.3. The van der Waals surface area contributed by atoms with Crippen LogP contribution in [0.4, 0.5) is 0 Å². The maximum atomic E-state index is 10.8. The molecule has 4 rings (SSSR count). The molecule has 0 aliphatic carbocycles. The van der Waals surface area contributed by atoms with Crippen molar-refractivity contribution in [1.82, 2.24) is 0 Å². The van der Waals surface area contributed by atoms with E-state index in [1.54, 1.807) is 0 Å². The van der Waals surface area contributed by atoms with Crippen LogP contribution in [0.3, 0.4) is 0 Å². The molecule has 2 fully saturated rings. The highest BCUT2D eigenvalue weighted by Gasteiger charge is 2.40. The number of hydrogen-bond acceptors (Lipinski definition) is 6. The number of aliphatic hydroxyl groups excluding tert-OH is 2. The van der Waals surface area contributed by atoms with Gasteiger partial charge in [0.1, 0.15) is 11.5 Å². The lowest BCUT2D eigenvalue weighted by molar-refractivity contribution is -0.110. The van der Waals surface area contributed by atoms with Gasteiger partial charge in [-0.15, -0.1) is 0 Å². The predicted molar refractivity (Wildman–Crippen MR) is 177 cm³/mol. The average Bonchev–Trinajstić information content (AvgIpc) is 3.73. The molecule has 0 saturated carbocycles. The fourth-order valence-electron chi connectivity index (χ4n) is 6.59. The van der Waals surface area contributed by atoms with Crippen LogP contribution >= 0.6 is 0 Å². The molecule has 0 spiro atoms. The number of hydrogen-bond donors (Lipinski definition) is 2. The van der Waals surface area contributed by atoms with E-state index in [0.29, 0.717) is 13.2 Å². The Balaban J connectivity index is 1.01. The first-order valence-electron chi connectivity index (χ1n) is 17.7. The van der Waals surface area contributed by atoms with Crippen molar-refractivity contribution in [3.63, 3.8) is 0 Å². The van der Waals surface area contributed by atoms with E-state index < -0.39 is 12.2 Å². The summed E-state index contributed by atoms with van der Waals surface area (Å²) in [5.41, 5.74) is 2.71. The molecule has 0 bridgehead atoms. The molecular formula is C38H58O6. The van der Waals surface area contributed by atoms with E-state index in [1.807, 2.05) is 0 Å². The SMILES string of the molecule is CCCc1ccc(OCCCCC[C@@H](O)[C@H]2CC[C@H]([C@H]3CC[C@H]([C@H](O)CCCCCOc4ccc(CCC)cc4)O3)O2)cc1. The number of benzene rings is 2. The predicted octanol–water partition coefficient (Wildman–Crippen LogP) is 7.99. The van der Waals surface area contributed by atoms with E-state index in [-0.39, 0.29) is 24.4 Å². The van der Waals surface area contributed by atoms with E-state index >= 15 is 0 Å². The average molecular weight is 611 g/mol. The number of aliphatic hydroxyl groups is 2. The zero-order chi connectivity index (χ0) is 31.0. The van der Waals surface area contributed by atoms with E-state index in [2.05, 4.69) is 62.4 Å². The molecule has 2 saturated heterocycles. The first kappa shape index (κ1) is 34.7. The summed E-state index contributed by atoms with van der Waals surface area (Å²) in [5, 5.41) is 21.5. The molecule has 2 aromatic carbocycles. The quantitative estimate of drug-likeness (QED) is 0.140. The van der Waals surface area contributed by atoms with Gasteiger partial charge in [0.25, 0.3) is 0 Å². The summed E-state index contributed by atoms with van der Waals surface area (Å²) in [6.07, 6.45) is 14.6. The van der Waals surface area contributed by atoms with Gasteiger partial charge in [0.2, 0.25) is 0 Å². The topological polar surface area (TPSA) is 77.4 Å². The molecular weight excluding hydrogens is 552 g/mol. The van der Waals surface area contributed by atoms with Crippen molar-refractivity contribution in [2.45, 2.75) is 153 Å². The van der Waals surface area contributed by atoms with E-state index in [1.165, 1.54) is 11.1 Å². The van der Waals surface area contributed by atoms with Crippen molar-refractivity contribution in [1.29, 1.82) is 0 Å². The molecule has 2 heterocycles. The first-order chi connectivity index (χ1) is 21.6. The Morgan fingerprint density at radius 2 is 1.00 bits per heavy atom. The van der Waals surface area contributed by atoms with Crippen LogP contribution in [-0.2, 0) is 22.3 Å². The molecule has 2 aliphatic rings. The lowest BCUT2D eigenvalue weighted by atomic mass is 10.0. The Bertz CT molecular complexity index is 941. The molecule has 6 nitrogen and oxygen atoms in total. The Labute approximate surface area is 266 Å². The molecule has 0 unspecified atom stereocenters. The number of ether oxygens (including phenoxy) is 4. The second-order valence-corrected chi connectivity index (χ2v) is 12.9. The van der Waals surface area contributed by atoms with Crippen LogP contribution in [0.1, 0.15) is 115 Å². The summed E-state index contributed by atoms with van der Waals surface area (Å²) >= 11 is 0. The van der Waals surface area contributed by atoms with Crippen molar-refractivity contribution < 1.29 is 29.2 Å². The monoisotopic (exact) mass is 610 g/mol. The maximum absolute atomic E-state index is 10.8. The van der Waals surface area contributed by atoms with Gasteiger partial charge in [-0.25, -0.2) is 0 Å². The Morgan fingerprint density at radius 3 is 1.39 bits per heavy atom. The second-order valence-electron chi connectivity index (χ2n) is 12.9. The van der Waals surface area contributed by atoms with E-state index in [0.717, 1.165) is 114 Å². The van der Waals surface area contributed by atoms with Crippen molar-refractivity contribution in [3.05, 3.63) is 59.7 Å². The van der Waals surface area contributed by atoms with E-state index in [4.69, 9.17) is 18.9 Å². The molecule has 6 heteroatoms. The highest BCUT2D eigenvalue weighted by Crippen LogP contribution is 2.34. The third-order valence-electron chi connectivity index (χ3n) is 9.19. The Morgan fingerprint density at radius 1 is 0.591 bits per heavy atom. The Hall–Kier alpha value is -2.12. The minimum Gasteiger partial charge on any atom is -0.494 e. The molecule has 0 amide bonds. The molecule has 246 valence electrons. The highest BCUT2D eigenvalue weighted by atomic mass is 16.6. The van der Waals surface area contributed by atoms with Gasteiger partial charge in [0.05, 0.1) is 49.8 Å². The van der Waals surface area contributed by atoms with Crippen LogP contribution in [0, 0.1) is 0 Å². The summed E-state index contributed by atoms with van der Waals surface area (Å²) in [4.78, 5) is 0. The standard InChI is InChI=1S/C38H58O6/c1-3-11-29-15-19-31(20-16-29)41-27-9-5-7-13-33(39)35-23-25-37(43-35)38-26-24-36(44-38)34(40)14-8-6-10-28-42-32-21-17-30(12-4-2)18-22-32/h15-22,33-40H,3-14,23-28H2,1-2H3/t33-,34-,35-,36-,37-,38-/m1/s1. The summed E-state index contributed by atoms with van der Waals surface area (Å²) in [5.74, 6) is 1.87. The van der Waals surface area contributed by atoms with Crippen LogP contribution in [-0.4, -0.2) is 60.1 Å². The summed E-state index contributed by atoms with van der Waals surface area (Å²) in [6.45, 7) is 5.81. The first-order valence-corrected chi connectivity index (χ1v) is 17.7. The normalized spacial score (nSPS) is 23.1. The van der Waals surface area contributed by atoms with Gasteiger partial charge in [-0.1, -0.05) is 63.8 Å². The van der Waals surface area contributed by atoms with Gasteiger partial charge >= 0.3 is 0 Å². The lowest BCUT2D eigenvalue weighted by Crippen LogP contribution is -2.33. The zero-order valence-electron chi connectivity index (χ0n) is 27.3. The minimum atomic E-state index is -0.431. The molecule has 0 aromatic heterocycles. The maximum Gasteiger partial charge on any atom is 0.119 e. The van der Waals surface area contributed by atoms with Crippen molar-refractivity contribution >= 4 is 0 Å². The van der Waals surface area contributed by atoms with Crippen LogP contribution in [0.5, 0.6) is 11.5 Å². The van der Waals surface area contributed by atoms with Crippen LogP contribution in [0.15, 0.2) is 48.5 Å². The van der Waals surface area contributed by atoms with Crippen LogP contribution in [0.2, 0.25) is 0 Å². The van der Waals surface area contributed by atoms with Gasteiger partial charge < -0.3 is 29.2 Å². The zero-order valence-corrected chi connectivity index (χ0v) is 27.3. The second kappa shape index (κ2) is 19.4. The molecule has 2 N–H and O–H groups in total. The number of unbranched alkanes of at least 4 members (excludes halogenated alkanes) is 4. The van der Waals surface area contributed by atoms with Gasteiger partial charge in [0, 0.05) is 0 Å². The smallest absolute Gasteiger partial charge is 0.119 e. The van der Waals surface area contributed by atoms with Gasteiger partial charge in [-0.3, -0.25) is 0 Å². The summed E-state index contributed by atoms with van der Waals surface area (Å²) in [6, 6.07) is 16.8. The molecule has 2 aliphatic heterocycles. The van der Waals surface area contributed by atoms with Gasteiger partial charge in [-0.2, -0.15) is 0 Å². The fourth-order valence-corrected chi connectivity index (χ4v) is 6.59.